The van der Waals surface area contributed by atoms with Gasteiger partial charge in [0.15, 0.2) is 0 Å². The van der Waals surface area contributed by atoms with E-state index < -0.39 is 0 Å². The van der Waals surface area contributed by atoms with Gasteiger partial charge >= 0.3 is 0 Å². The number of pyridine rings is 1. The Hall–Kier alpha value is -2.72. The van der Waals surface area contributed by atoms with Gasteiger partial charge < -0.3 is 5.11 Å². The number of fused-ring (bicyclic) bond motifs is 2. The molecule has 2 aromatic heterocycles. The van der Waals surface area contributed by atoms with Crippen LogP contribution in [0, 0.1) is 0 Å². The minimum Gasteiger partial charge on any atom is -0.392 e. The van der Waals surface area contributed by atoms with Crippen LogP contribution in [0.3, 0.4) is 0 Å². The number of aliphatic hydroxyl groups is 1. The van der Waals surface area contributed by atoms with Gasteiger partial charge in [0.2, 0.25) is 0 Å². The first-order chi connectivity index (χ1) is 10.4. The molecular formula is C17H13N3O. The van der Waals surface area contributed by atoms with Crippen molar-refractivity contribution in [2.24, 2.45) is 0 Å². The molecule has 0 fully saturated rings. The van der Waals surface area contributed by atoms with Crippen molar-refractivity contribution in [3.05, 3.63) is 66.5 Å². The summed E-state index contributed by atoms with van der Waals surface area (Å²) in [6, 6.07) is 17.7. The highest BCUT2D eigenvalue weighted by molar-refractivity contribution is 5.84. The standard InChI is InChI=1S/C17H13N3O/c21-10-12-9-17(19-14-6-2-1-5-13(12)14)20-11-18-15-7-3-4-8-16(15)20/h1-9,11,21H,10H2. The Morgan fingerprint density at radius 3 is 2.57 bits per heavy atom. The summed E-state index contributed by atoms with van der Waals surface area (Å²) in [4.78, 5) is 9.08. The number of aromatic nitrogens is 3. The van der Waals surface area contributed by atoms with Crippen LogP contribution in [-0.4, -0.2) is 19.6 Å². The van der Waals surface area contributed by atoms with E-state index in [4.69, 9.17) is 0 Å². The fraction of sp³-hybridized carbons (Fsp3) is 0.0588. The first-order valence-electron chi connectivity index (χ1n) is 6.79. The number of hydrogen-bond donors (Lipinski definition) is 1. The van der Waals surface area contributed by atoms with Gasteiger partial charge in [0.25, 0.3) is 0 Å². The number of nitrogens with zero attached hydrogens (tertiary/aromatic N) is 3. The second-order valence-electron chi connectivity index (χ2n) is 4.92. The number of rotatable bonds is 2. The van der Waals surface area contributed by atoms with Gasteiger partial charge in [-0.2, -0.15) is 0 Å². The summed E-state index contributed by atoms with van der Waals surface area (Å²) in [6.07, 6.45) is 1.77. The molecule has 102 valence electrons. The van der Waals surface area contributed by atoms with E-state index in [-0.39, 0.29) is 6.61 Å². The van der Waals surface area contributed by atoms with Crippen LogP contribution < -0.4 is 0 Å². The Morgan fingerprint density at radius 2 is 1.71 bits per heavy atom. The summed E-state index contributed by atoms with van der Waals surface area (Å²) in [7, 11) is 0. The van der Waals surface area contributed by atoms with Gasteiger partial charge in [0, 0.05) is 5.39 Å². The summed E-state index contributed by atoms with van der Waals surface area (Å²) >= 11 is 0. The van der Waals surface area contributed by atoms with Crippen molar-refractivity contribution in [3.63, 3.8) is 0 Å². The van der Waals surface area contributed by atoms with Crippen LogP contribution in [0.4, 0.5) is 0 Å². The van der Waals surface area contributed by atoms with Crippen molar-refractivity contribution in [2.75, 3.05) is 0 Å². The smallest absolute Gasteiger partial charge is 0.139 e. The number of aliphatic hydroxyl groups excluding tert-OH is 1. The highest BCUT2D eigenvalue weighted by Gasteiger charge is 2.09. The number of benzene rings is 2. The van der Waals surface area contributed by atoms with E-state index in [1.165, 1.54) is 0 Å². The summed E-state index contributed by atoms with van der Waals surface area (Å²) in [5, 5.41) is 10.6. The van der Waals surface area contributed by atoms with Crippen LogP contribution in [-0.2, 0) is 6.61 Å². The molecule has 0 saturated carbocycles. The van der Waals surface area contributed by atoms with Gasteiger partial charge in [0.05, 0.1) is 23.2 Å². The summed E-state index contributed by atoms with van der Waals surface area (Å²) in [6.45, 7) is -0.0112. The third-order valence-electron chi connectivity index (χ3n) is 3.66. The van der Waals surface area contributed by atoms with E-state index >= 15 is 0 Å². The molecule has 0 bridgehead atoms. The van der Waals surface area contributed by atoms with E-state index in [1.54, 1.807) is 6.33 Å². The normalized spacial score (nSPS) is 11.3. The third kappa shape index (κ3) is 1.88. The third-order valence-corrected chi connectivity index (χ3v) is 3.66. The predicted molar refractivity (Wildman–Crippen MR) is 82.3 cm³/mol. The molecule has 0 atom stereocenters. The molecule has 21 heavy (non-hydrogen) atoms. The summed E-state index contributed by atoms with van der Waals surface area (Å²) in [5.74, 6) is 0.770. The molecule has 0 amide bonds. The summed E-state index contributed by atoms with van der Waals surface area (Å²) in [5.41, 5.74) is 3.67. The molecule has 4 heteroatoms. The average molecular weight is 275 g/mol. The monoisotopic (exact) mass is 275 g/mol. The van der Waals surface area contributed by atoms with Crippen LogP contribution in [0.15, 0.2) is 60.9 Å². The van der Waals surface area contributed by atoms with Crippen LogP contribution in [0.25, 0.3) is 27.8 Å². The topological polar surface area (TPSA) is 50.9 Å². The fourth-order valence-electron chi connectivity index (χ4n) is 2.63. The maximum Gasteiger partial charge on any atom is 0.139 e. The quantitative estimate of drug-likeness (QED) is 0.611. The molecule has 0 aliphatic heterocycles. The van der Waals surface area contributed by atoms with Crippen molar-refractivity contribution in [1.29, 1.82) is 0 Å². The maximum atomic E-state index is 9.62. The molecule has 0 aliphatic rings. The minimum atomic E-state index is -0.0112. The van der Waals surface area contributed by atoms with E-state index in [9.17, 15) is 5.11 Å². The molecular weight excluding hydrogens is 262 g/mol. The second kappa shape index (κ2) is 4.68. The zero-order valence-electron chi connectivity index (χ0n) is 11.3. The molecule has 0 unspecified atom stereocenters. The number of imidazole rings is 1. The lowest BCUT2D eigenvalue weighted by molar-refractivity contribution is 0.283. The predicted octanol–water partition coefficient (Wildman–Crippen LogP) is 3.07. The van der Waals surface area contributed by atoms with Crippen LogP contribution in [0.2, 0.25) is 0 Å². The lowest BCUT2D eigenvalue weighted by Gasteiger charge is -2.09. The van der Waals surface area contributed by atoms with Gasteiger partial charge in [-0.25, -0.2) is 9.97 Å². The van der Waals surface area contributed by atoms with Crippen LogP contribution >= 0.6 is 0 Å². The molecule has 4 nitrogen and oxygen atoms in total. The van der Waals surface area contributed by atoms with Crippen molar-refractivity contribution >= 4 is 21.9 Å². The number of para-hydroxylation sites is 3. The highest BCUT2D eigenvalue weighted by Crippen LogP contribution is 2.23. The van der Waals surface area contributed by atoms with Gasteiger partial charge in [0.1, 0.15) is 12.1 Å². The van der Waals surface area contributed by atoms with Gasteiger partial charge in [-0.15, -0.1) is 0 Å². The highest BCUT2D eigenvalue weighted by atomic mass is 16.3. The Kier molecular flexibility index (Phi) is 2.69. The molecule has 2 aromatic carbocycles. The van der Waals surface area contributed by atoms with Crippen molar-refractivity contribution in [2.45, 2.75) is 6.61 Å². The Bertz CT molecular complexity index is 943. The van der Waals surface area contributed by atoms with Crippen molar-refractivity contribution in [3.8, 4) is 5.82 Å². The first kappa shape index (κ1) is 12.1. The Balaban J connectivity index is 2.02. The number of hydrogen-bond acceptors (Lipinski definition) is 3. The second-order valence-corrected chi connectivity index (χ2v) is 4.92. The van der Waals surface area contributed by atoms with Gasteiger partial charge in [-0.1, -0.05) is 30.3 Å². The molecule has 1 N–H and O–H groups in total. The summed E-state index contributed by atoms with van der Waals surface area (Å²) < 4.78 is 1.95. The van der Waals surface area contributed by atoms with Crippen LogP contribution in [0.5, 0.6) is 0 Å². The molecule has 0 radical (unpaired) electrons. The zero-order chi connectivity index (χ0) is 14.2. The van der Waals surface area contributed by atoms with Gasteiger partial charge in [-0.05, 0) is 29.8 Å². The lowest BCUT2D eigenvalue weighted by atomic mass is 10.1. The molecule has 2 heterocycles. The molecule has 0 aliphatic carbocycles. The fourth-order valence-corrected chi connectivity index (χ4v) is 2.63. The van der Waals surface area contributed by atoms with Crippen LogP contribution in [0.1, 0.15) is 5.56 Å². The minimum absolute atomic E-state index is 0.0112. The first-order valence-corrected chi connectivity index (χ1v) is 6.79. The lowest BCUT2D eigenvalue weighted by Crippen LogP contribution is -1.99. The SMILES string of the molecule is OCc1cc(-n2cnc3ccccc32)nc2ccccc12. The maximum absolute atomic E-state index is 9.62. The zero-order valence-corrected chi connectivity index (χ0v) is 11.3. The average Bonchev–Trinajstić information content (AvgIpc) is 2.98. The van der Waals surface area contributed by atoms with Crippen molar-refractivity contribution < 1.29 is 5.11 Å². The molecule has 0 saturated heterocycles. The van der Waals surface area contributed by atoms with E-state index in [2.05, 4.69) is 9.97 Å². The van der Waals surface area contributed by atoms with E-state index in [0.29, 0.717) is 0 Å². The van der Waals surface area contributed by atoms with Gasteiger partial charge in [-0.3, -0.25) is 4.57 Å². The molecule has 0 spiro atoms. The Labute approximate surface area is 121 Å². The van der Waals surface area contributed by atoms with Crippen molar-refractivity contribution in [1.82, 2.24) is 14.5 Å². The Morgan fingerprint density at radius 1 is 0.952 bits per heavy atom. The molecule has 4 rings (SSSR count). The van der Waals surface area contributed by atoms with E-state index in [0.717, 1.165) is 33.3 Å². The van der Waals surface area contributed by atoms with E-state index in [1.807, 2.05) is 59.2 Å². The largest absolute Gasteiger partial charge is 0.392 e. The molecule has 4 aromatic rings.